The Labute approximate surface area is 124 Å². The number of carbonyl (C=O) groups is 3. The highest BCUT2D eigenvalue weighted by atomic mass is 35.5. The predicted molar refractivity (Wildman–Crippen MR) is 78.0 cm³/mol. The summed E-state index contributed by atoms with van der Waals surface area (Å²) in [5.41, 5.74) is 0.573. The number of aliphatic carboxylic acids is 1. The molecule has 0 radical (unpaired) electrons. The van der Waals surface area contributed by atoms with Crippen LogP contribution in [0.1, 0.15) is 0 Å². The second-order valence-corrected chi connectivity index (χ2v) is 5.22. The van der Waals surface area contributed by atoms with Crippen molar-refractivity contribution >= 4 is 47.3 Å². The van der Waals surface area contributed by atoms with Gasteiger partial charge in [-0.3, -0.25) is 9.59 Å². The Morgan fingerprint density at radius 1 is 1.45 bits per heavy atom. The smallest absolute Gasteiger partial charge is 0.327 e. The zero-order valence-corrected chi connectivity index (χ0v) is 11.9. The Hall–Kier alpha value is -1.73. The van der Waals surface area contributed by atoms with Crippen LogP contribution in [0.4, 0.5) is 5.69 Å². The Kier molecular flexibility index (Phi) is 6.89. The second-order valence-electron chi connectivity index (χ2n) is 3.75. The van der Waals surface area contributed by atoms with E-state index < -0.39 is 12.0 Å². The van der Waals surface area contributed by atoms with Crippen molar-refractivity contribution in [3.05, 3.63) is 29.3 Å². The molecule has 1 aromatic rings. The number of carboxylic acids is 1. The van der Waals surface area contributed by atoms with E-state index in [0.717, 1.165) is 11.8 Å². The molecule has 0 fully saturated rings. The molecule has 1 atom stereocenters. The van der Waals surface area contributed by atoms with Gasteiger partial charge in [0.05, 0.1) is 5.75 Å². The Morgan fingerprint density at radius 3 is 2.80 bits per heavy atom. The fourth-order valence-corrected chi connectivity index (χ4v) is 2.35. The largest absolute Gasteiger partial charge is 0.480 e. The van der Waals surface area contributed by atoms with Crippen molar-refractivity contribution in [2.75, 3.05) is 16.8 Å². The molecule has 0 aliphatic carbocycles. The molecule has 1 rings (SSSR count). The third-order valence-electron chi connectivity index (χ3n) is 2.19. The molecule has 0 saturated heterocycles. The van der Waals surface area contributed by atoms with E-state index in [1.807, 2.05) is 0 Å². The summed E-state index contributed by atoms with van der Waals surface area (Å²) in [7, 11) is 0. The van der Waals surface area contributed by atoms with E-state index in [2.05, 4.69) is 10.6 Å². The monoisotopic (exact) mass is 316 g/mol. The molecule has 0 spiro atoms. The average Bonchev–Trinajstić information content (AvgIpc) is 2.37. The number of halogens is 1. The number of rotatable bonds is 8. The molecule has 0 aliphatic rings. The number of thioether (sulfide) groups is 1. The summed E-state index contributed by atoms with van der Waals surface area (Å²) in [5.74, 6) is -1.22. The lowest BCUT2D eigenvalue weighted by Crippen LogP contribution is -2.38. The number of hydrogen-bond donors (Lipinski definition) is 3. The zero-order chi connectivity index (χ0) is 15.0. The van der Waals surface area contributed by atoms with Crippen molar-refractivity contribution in [2.45, 2.75) is 6.04 Å². The van der Waals surface area contributed by atoms with Gasteiger partial charge in [-0.1, -0.05) is 17.7 Å². The fourth-order valence-electron chi connectivity index (χ4n) is 1.31. The standard InChI is InChI=1S/C12H13ClN2O4S/c13-8-2-1-3-9(4-8)15-11(17)6-20-5-10(12(18)19)14-7-16/h1-4,7,10H,5-6H2,(H,14,16)(H,15,17)(H,18,19). The Morgan fingerprint density at radius 2 is 2.20 bits per heavy atom. The number of amides is 2. The van der Waals surface area contributed by atoms with Crippen LogP contribution in [0.25, 0.3) is 0 Å². The fraction of sp³-hybridized carbons (Fsp3) is 0.250. The molecule has 1 aromatic carbocycles. The third kappa shape index (κ3) is 5.94. The number of nitrogens with one attached hydrogen (secondary N) is 2. The Balaban J connectivity index is 2.36. The van der Waals surface area contributed by atoms with Crippen molar-refractivity contribution in [3.8, 4) is 0 Å². The van der Waals surface area contributed by atoms with E-state index >= 15 is 0 Å². The van der Waals surface area contributed by atoms with Gasteiger partial charge in [0.2, 0.25) is 12.3 Å². The average molecular weight is 317 g/mol. The van der Waals surface area contributed by atoms with Gasteiger partial charge in [0.25, 0.3) is 0 Å². The van der Waals surface area contributed by atoms with Crippen LogP contribution >= 0.6 is 23.4 Å². The summed E-state index contributed by atoms with van der Waals surface area (Å²) in [6, 6.07) is 5.70. The van der Waals surface area contributed by atoms with E-state index in [4.69, 9.17) is 16.7 Å². The lowest BCUT2D eigenvalue weighted by atomic mass is 10.3. The van der Waals surface area contributed by atoms with Crippen LogP contribution < -0.4 is 10.6 Å². The minimum atomic E-state index is -1.14. The van der Waals surface area contributed by atoms with Crippen molar-refractivity contribution in [1.82, 2.24) is 5.32 Å². The lowest BCUT2D eigenvalue weighted by Gasteiger charge is -2.10. The topological polar surface area (TPSA) is 95.5 Å². The number of anilines is 1. The van der Waals surface area contributed by atoms with Crippen LogP contribution in [0.2, 0.25) is 5.02 Å². The molecule has 8 heteroatoms. The molecule has 0 bridgehead atoms. The van der Waals surface area contributed by atoms with Gasteiger partial charge in [0, 0.05) is 16.5 Å². The summed E-state index contributed by atoms with van der Waals surface area (Å²) in [4.78, 5) is 32.6. The van der Waals surface area contributed by atoms with Crippen LogP contribution in [-0.4, -0.2) is 40.9 Å². The highest BCUT2D eigenvalue weighted by Crippen LogP contribution is 2.15. The van der Waals surface area contributed by atoms with Gasteiger partial charge in [-0.15, -0.1) is 11.8 Å². The first-order valence-electron chi connectivity index (χ1n) is 5.58. The minimum absolute atomic E-state index is 0.0802. The minimum Gasteiger partial charge on any atom is -0.480 e. The number of hydrogen-bond acceptors (Lipinski definition) is 4. The van der Waals surface area contributed by atoms with Crippen LogP contribution in [0, 0.1) is 0 Å². The summed E-state index contributed by atoms with van der Waals surface area (Å²) in [5, 5.41) is 14.1. The molecular weight excluding hydrogens is 304 g/mol. The molecule has 20 heavy (non-hydrogen) atoms. The molecule has 108 valence electrons. The first kappa shape index (κ1) is 16.3. The van der Waals surface area contributed by atoms with E-state index in [1.54, 1.807) is 24.3 Å². The summed E-state index contributed by atoms with van der Waals surface area (Å²) >= 11 is 6.89. The summed E-state index contributed by atoms with van der Waals surface area (Å²) in [6.07, 6.45) is 0.325. The zero-order valence-electron chi connectivity index (χ0n) is 10.3. The number of carboxylic acid groups (broad SMARTS) is 1. The quantitative estimate of drug-likeness (QED) is 0.627. The lowest BCUT2D eigenvalue weighted by molar-refractivity contribution is -0.139. The van der Waals surface area contributed by atoms with Crippen molar-refractivity contribution in [3.63, 3.8) is 0 Å². The van der Waals surface area contributed by atoms with Gasteiger partial charge < -0.3 is 15.7 Å². The normalized spacial score (nSPS) is 11.4. The molecule has 6 nitrogen and oxygen atoms in total. The second kappa shape index (κ2) is 8.44. The van der Waals surface area contributed by atoms with Crippen molar-refractivity contribution in [2.24, 2.45) is 0 Å². The first-order valence-corrected chi connectivity index (χ1v) is 7.12. The third-order valence-corrected chi connectivity index (χ3v) is 3.46. The van der Waals surface area contributed by atoms with Gasteiger partial charge >= 0.3 is 5.97 Å². The molecular formula is C12H13ClN2O4S. The summed E-state index contributed by atoms with van der Waals surface area (Å²) in [6.45, 7) is 0. The maximum atomic E-state index is 11.6. The maximum Gasteiger partial charge on any atom is 0.327 e. The van der Waals surface area contributed by atoms with E-state index in [1.165, 1.54) is 0 Å². The van der Waals surface area contributed by atoms with E-state index in [0.29, 0.717) is 17.1 Å². The van der Waals surface area contributed by atoms with Crippen LogP contribution in [-0.2, 0) is 14.4 Å². The van der Waals surface area contributed by atoms with E-state index in [-0.39, 0.29) is 17.4 Å². The Bertz CT molecular complexity index is 498. The predicted octanol–water partition coefficient (Wildman–Crippen LogP) is 1.21. The van der Waals surface area contributed by atoms with Crippen LogP contribution in [0.15, 0.2) is 24.3 Å². The molecule has 1 unspecified atom stereocenters. The van der Waals surface area contributed by atoms with Gasteiger partial charge in [-0.05, 0) is 18.2 Å². The van der Waals surface area contributed by atoms with Crippen molar-refractivity contribution < 1.29 is 19.5 Å². The number of benzene rings is 1. The van der Waals surface area contributed by atoms with Crippen LogP contribution in [0.3, 0.4) is 0 Å². The highest BCUT2D eigenvalue weighted by molar-refractivity contribution is 8.00. The van der Waals surface area contributed by atoms with Gasteiger partial charge in [-0.25, -0.2) is 4.79 Å². The molecule has 3 N–H and O–H groups in total. The molecule has 0 saturated carbocycles. The maximum absolute atomic E-state index is 11.6. The number of carbonyl (C=O) groups excluding carboxylic acids is 2. The highest BCUT2D eigenvalue weighted by Gasteiger charge is 2.16. The molecule has 2 amide bonds. The molecule has 0 aromatic heterocycles. The summed E-state index contributed by atoms with van der Waals surface area (Å²) < 4.78 is 0. The van der Waals surface area contributed by atoms with E-state index in [9.17, 15) is 14.4 Å². The van der Waals surface area contributed by atoms with Crippen LogP contribution in [0.5, 0.6) is 0 Å². The van der Waals surface area contributed by atoms with Gasteiger partial charge in [-0.2, -0.15) is 0 Å². The van der Waals surface area contributed by atoms with Crippen molar-refractivity contribution in [1.29, 1.82) is 0 Å². The molecule has 0 heterocycles. The van der Waals surface area contributed by atoms with Gasteiger partial charge in [0.15, 0.2) is 0 Å². The molecule has 0 aliphatic heterocycles. The first-order chi connectivity index (χ1) is 9.52. The van der Waals surface area contributed by atoms with Gasteiger partial charge in [0.1, 0.15) is 6.04 Å². The SMILES string of the molecule is O=CNC(CSCC(=O)Nc1cccc(Cl)c1)C(=O)O.